The second kappa shape index (κ2) is 6.56. The lowest BCUT2D eigenvalue weighted by molar-refractivity contribution is 0.261. The molecule has 2 aromatic carbocycles. The molecule has 0 fully saturated rings. The highest BCUT2D eigenvalue weighted by molar-refractivity contribution is 6.33. The summed E-state index contributed by atoms with van der Waals surface area (Å²) in [6.07, 6.45) is 0.768. The van der Waals surface area contributed by atoms with Crippen LogP contribution in [0.5, 0.6) is 0 Å². The number of benzene rings is 2. The molecule has 0 spiro atoms. The number of halogens is 2. The van der Waals surface area contributed by atoms with Crippen molar-refractivity contribution in [2.75, 3.05) is 6.61 Å². The number of ether oxygens (including phenoxy) is 1. The smallest absolute Gasteiger partial charge is 0.221 e. The molecule has 0 aliphatic carbocycles. The molecule has 0 N–H and O–H groups in total. The first-order valence-corrected chi connectivity index (χ1v) is 8.49. The molecule has 24 heavy (non-hydrogen) atoms. The van der Waals surface area contributed by atoms with Crippen LogP contribution in [-0.4, -0.2) is 12.5 Å². The zero-order valence-corrected chi connectivity index (χ0v) is 14.9. The highest BCUT2D eigenvalue weighted by Gasteiger charge is 2.23. The van der Waals surface area contributed by atoms with E-state index >= 15 is 0 Å². The van der Waals surface area contributed by atoms with Crippen molar-refractivity contribution in [3.63, 3.8) is 0 Å². The van der Waals surface area contributed by atoms with E-state index in [0.717, 1.165) is 12.0 Å². The van der Waals surface area contributed by atoms with E-state index in [0.29, 0.717) is 11.6 Å². The molecule has 0 saturated heterocycles. The first kappa shape index (κ1) is 17.0. The highest BCUT2D eigenvalue weighted by Crippen LogP contribution is 2.31. The van der Waals surface area contributed by atoms with Gasteiger partial charge in [0.2, 0.25) is 5.90 Å². The standard InChI is InChI=1S/C20H21ClFNO/c1-20(2,3)14-9-7-13(8-10-14)17-11-12-24-19(23-17)18-15(21)5-4-6-16(18)22/h4-10,17H,11-12H2,1-3H3. The fourth-order valence-corrected chi connectivity index (χ4v) is 3.04. The predicted octanol–water partition coefficient (Wildman–Crippen LogP) is 5.68. The Balaban J connectivity index is 1.92. The number of rotatable bonds is 2. The summed E-state index contributed by atoms with van der Waals surface area (Å²) in [7, 11) is 0. The van der Waals surface area contributed by atoms with Crippen molar-refractivity contribution in [3.8, 4) is 0 Å². The van der Waals surface area contributed by atoms with Crippen LogP contribution >= 0.6 is 11.6 Å². The molecule has 1 heterocycles. The van der Waals surface area contributed by atoms with E-state index in [1.54, 1.807) is 12.1 Å². The quantitative estimate of drug-likeness (QED) is 0.685. The first-order chi connectivity index (χ1) is 11.4. The molecule has 1 unspecified atom stereocenters. The van der Waals surface area contributed by atoms with Crippen molar-refractivity contribution in [2.24, 2.45) is 4.99 Å². The summed E-state index contributed by atoms with van der Waals surface area (Å²) in [5, 5.41) is 0.317. The zero-order valence-electron chi connectivity index (χ0n) is 14.1. The van der Waals surface area contributed by atoms with Crippen LogP contribution in [0.2, 0.25) is 5.02 Å². The molecule has 1 atom stereocenters. The van der Waals surface area contributed by atoms with E-state index in [2.05, 4.69) is 50.0 Å². The van der Waals surface area contributed by atoms with E-state index in [1.807, 2.05) is 0 Å². The summed E-state index contributed by atoms with van der Waals surface area (Å²) in [6, 6.07) is 13.0. The molecule has 0 aromatic heterocycles. The van der Waals surface area contributed by atoms with Gasteiger partial charge in [0.25, 0.3) is 0 Å². The normalized spacial score (nSPS) is 18.0. The Labute approximate surface area is 147 Å². The number of hydrogen-bond acceptors (Lipinski definition) is 2. The lowest BCUT2D eigenvalue weighted by atomic mass is 9.86. The first-order valence-electron chi connectivity index (χ1n) is 8.11. The van der Waals surface area contributed by atoms with Crippen molar-refractivity contribution >= 4 is 17.5 Å². The highest BCUT2D eigenvalue weighted by atomic mass is 35.5. The molecular weight excluding hydrogens is 325 g/mol. The van der Waals surface area contributed by atoms with Gasteiger partial charge in [0, 0.05) is 6.42 Å². The Kier molecular flexibility index (Phi) is 4.64. The fraction of sp³-hybridized carbons (Fsp3) is 0.350. The summed E-state index contributed by atoms with van der Waals surface area (Å²) >= 11 is 6.13. The SMILES string of the molecule is CC(C)(C)c1ccc(C2CCOC(c3c(F)cccc3Cl)=N2)cc1. The Morgan fingerprint density at radius 3 is 2.46 bits per heavy atom. The topological polar surface area (TPSA) is 21.6 Å². The maximum Gasteiger partial charge on any atom is 0.221 e. The van der Waals surface area contributed by atoms with Gasteiger partial charge in [0.1, 0.15) is 5.82 Å². The monoisotopic (exact) mass is 345 g/mol. The van der Waals surface area contributed by atoms with Crippen LogP contribution in [0.15, 0.2) is 47.5 Å². The van der Waals surface area contributed by atoms with Crippen molar-refractivity contribution in [2.45, 2.75) is 38.6 Å². The second-order valence-electron chi connectivity index (χ2n) is 7.06. The molecule has 3 rings (SSSR count). The Bertz CT molecular complexity index is 742. The average Bonchev–Trinajstić information content (AvgIpc) is 2.54. The van der Waals surface area contributed by atoms with Crippen molar-refractivity contribution in [1.29, 1.82) is 0 Å². The Morgan fingerprint density at radius 1 is 1.12 bits per heavy atom. The molecular formula is C20H21ClFNO. The molecule has 126 valence electrons. The molecule has 1 aliphatic heterocycles. The molecule has 2 nitrogen and oxygen atoms in total. The van der Waals surface area contributed by atoms with E-state index in [9.17, 15) is 4.39 Å². The van der Waals surface area contributed by atoms with Crippen molar-refractivity contribution in [1.82, 2.24) is 0 Å². The van der Waals surface area contributed by atoms with Crippen LogP contribution in [0, 0.1) is 5.82 Å². The lowest BCUT2D eigenvalue weighted by Crippen LogP contribution is -2.19. The summed E-state index contributed by atoms with van der Waals surface area (Å²) < 4.78 is 19.7. The van der Waals surface area contributed by atoms with Crippen LogP contribution in [0.25, 0.3) is 0 Å². The summed E-state index contributed by atoms with van der Waals surface area (Å²) in [4.78, 5) is 4.61. The van der Waals surface area contributed by atoms with Crippen LogP contribution in [0.4, 0.5) is 4.39 Å². The van der Waals surface area contributed by atoms with Gasteiger partial charge >= 0.3 is 0 Å². The van der Waals surface area contributed by atoms with E-state index in [1.165, 1.54) is 11.6 Å². The Morgan fingerprint density at radius 2 is 1.83 bits per heavy atom. The van der Waals surface area contributed by atoms with Gasteiger partial charge in [-0.15, -0.1) is 0 Å². The van der Waals surface area contributed by atoms with Gasteiger partial charge in [-0.25, -0.2) is 9.38 Å². The molecule has 0 radical (unpaired) electrons. The molecule has 1 aliphatic rings. The lowest BCUT2D eigenvalue weighted by Gasteiger charge is -2.24. The summed E-state index contributed by atoms with van der Waals surface area (Å²) in [6.45, 7) is 7.06. The van der Waals surface area contributed by atoms with Crippen LogP contribution < -0.4 is 0 Å². The maximum absolute atomic E-state index is 14.1. The van der Waals surface area contributed by atoms with Gasteiger partial charge in [-0.3, -0.25) is 0 Å². The third-order valence-corrected chi connectivity index (χ3v) is 4.56. The molecule has 0 amide bonds. The molecule has 2 aromatic rings. The summed E-state index contributed by atoms with van der Waals surface area (Å²) in [5.74, 6) is -0.126. The third kappa shape index (κ3) is 3.46. The van der Waals surface area contributed by atoms with Crippen molar-refractivity contribution < 1.29 is 9.13 Å². The van der Waals surface area contributed by atoms with Crippen LogP contribution in [0.1, 0.15) is 49.9 Å². The van der Waals surface area contributed by atoms with E-state index < -0.39 is 5.82 Å². The van der Waals surface area contributed by atoms with Crippen LogP contribution in [0.3, 0.4) is 0 Å². The van der Waals surface area contributed by atoms with E-state index in [4.69, 9.17) is 16.3 Å². The third-order valence-electron chi connectivity index (χ3n) is 4.24. The zero-order chi connectivity index (χ0) is 17.3. The minimum atomic E-state index is -0.412. The number of aliphatic imine (C=N–C) groups is 1. The van der Waals surface area contributed by atoms with Gasteiger partial charge in [-0.1, -0.05) is 62.7 Å². The molecule has 0 bridgehead atoms. The van der Waals surface area contributed by atoms with E-state index in [-0.39, 0.29) is 22.9 Å². The average molecular weight is 346 g/mol. The van der Waals surface area contributed by atoms with Gasteiger partial charge in [-0.05, 0) is 28.7 Å². The fourth-order valence-electron chi connectivity index (χ4n) is 2.80. The summed E-state index contributed by atoms with van der Waals surface area (Å²) in [5.41, 5.74) is 2.75. The van der Waals surface area contributed by atoms with Gasteiger partial charge in [-0.2, -0.15) is 0 Å². The molecule has 0 saturated carbocycles. The minimum Gasteiger partial charge on any atom is -0.477 e. The van der Waals surface area contributed by atoms with Gasteiger partial charge < -0.3 is 4.74 Å². The molecule has 4 heteroatoms. The predicted molar refractivity (Wildman–Crippen MR) is 96.4 cm³/mol. The van der Waals surface area contributed by atoms with Gasteiger partial charge in [0.05, 0.1) is 23.2 Å². The second-order valence-corrected chi connectivity index (χ2v) is 7.46. The largest absolute Gasteiger partial charge is 0.477 e. The van der Waals surface area contributed by atoms with Crippen LogP contribution in [-0.2, 0) is 10.2 Å². The van der Waals surface area contributed by atoms with Crippen molar-refractivity contribution in [3.05, 3.63) is 70.0 Å². The number of nitrogens with zero attached hydrogens (tertiary/aromatic N) is 1. The minimum absolute atomic E-state index is 0.0431. The maximum atomic E-state index is 14.1. The van der Waals surface area contributed by atoms with Gasteiger partial charge in [0.15, 0.2) is 0 Å². The number of hydrogen-bond donors (Lipinski definition) is 0. The Hall–Kier alpha value is -1.87.